The molecule has 1 aliphatic rings. The molecule has 1 fully saturated rings. The van der Waals surface area contributed by atoms with Crippen molar-refractivity contribution in [3.63, 3.8) is 0 Å². The Labute approximate surface area is 231 Å². The smallest absolute Gasteiger partial charge is 0.308 e. The summed E-state index contributed by atoms with van der Waals surface area (Å²) in [6.07, 6.45) is 10.5. The van der Waals surface area contributed by atoms with Crippen LogP contribution in [-0.2, 0) is 18.4 Å². The zero-order valence-electron chi connectivity index (χ0n) is 24.3. The molecule has 0 aromatic carbocycles. The number of hydrogen-bond acceptors (Lipinski definition) is 4. The number of cyclic esters (lactones) is 1. The Balaban J connectivity index is 3.22. The Bertz CT molecular complexity index is 792. The van der Waals surface area contributed by atoms with Crippen LogP contribution < -0.4 is 0 Å². The summed E-state index contributed by atoms with van der Waals surface area (Å²) in [5, 5.41) is 0.150. The maximum absolute atomic E-state index is 12.5. The first-order valence-electron chi connectivity index (χ1n) is 13.1. The Morgan fingerprint density at radius 2 is 1.86 bits per heavy atom. The molecule has 0 bridgehead atoms. The summed E-state index contributed by atoms with van der Waals surface area (Å²) in [6, 6.07) is 0. The van der Waals surface area contributed by atoms with Gasteiger partial charge < -0.3 is 13.6 Å². The van der Waals surface area contributed by atoms with Crippen LogP contribution in [-0.4, -0.2) is 40.4 Å². The van der Waals surface area contributed by atoms with Crippen molar-refractivity contribution >= 4 is 45.2 Å². The molecule has 0 amide bonds. The Morgan fingerprint density at radius 3 is 2.34 bits per heavy atom. The molecule has 7 heteroatoms. The lowest BCUT2D eigenvalue weighted by Crippen LogP contribution is -2.56. The van der Waals surface area contributed by atoms with Crippen LogP contribution in [0.5, 0.6) is 0 Å². The normalized spacial score (nSPS) is 26.9. The number of carbonyl (C=O) groups is 1. The maximum atomic E-state index is 12.5. The summed E-state index contributed by atoms with van der Waals surface area (Å²) < 4.78 is 21.4. The topological polar surface area (TPSA) is 44.8 Å². The third kappa shape index (κ3) is 9.54. The average molecular weight is 635 g/mol. The van der Waals surface area contributed by atoms with Crippen molar-refractivity contribution in [1.29, 1.82) is 0 Å². The summed E-state index contributed by atoms with van der Waals surface area (Å²) >= 11 is 2.29. The molecular formula is C28H51IO4Si2. The maximum Gasteiger partial charge on any atom is 0.308 e. The first-order valence-corrected chi connectivity index (χ1v) is 20.6. The predicted octanol–water partition coefficient (Wildman–Crippen LogP) is 8.81. The summed E-state index contributed by atoms with van der Waals surface area (Å²) in [4.78, 5) is 12.5. The molecule has 1 rings (SSSR count). The summed E-state index contributed by atoms with van der Waals surface area (Å²) in [6.45, 7) is 26.7. The summed E-state index contributed by atoms with van der Waals surface area (Å²) in [5.41, 5.74) is 0.711. The zero-order valence-corrected chi connectivity index (χ0v) is 28.5. The number of hydrogen-bond donors (Lipinski definition) is 0. The zero-order chi connectivity index (χ0) is 27.2. The highest BCUT2D eigenvalue weighted by molar-refractivity contribution is 14.1. The van der Waals surface area contributed by atoms with Crippen molar-refractivity contribution in [1.82, 2.24) is 0 Å². The second-order valence-corrected chi connectivity index (χ2v) is 22.6. The molecule has 0 radical (unpaired) electrons. The van der Waals surface area contributed by atoms with E-state index in [9.17, 15) is 4.79 Å². The van der Waals surface area contributed by atoms with E-state index in [0.29, 0.717) is 12.8 Å². The van der Waals surface area contributed by atoms with Gasteiger partial charge in [0, 0.05) is 11.8 Å². The van der Waals surface area contributed by atoms with Gasteiger partial charge in [0.15, 0.2) is 16.6 Å². The lowest BCUT2D eigenvalue weighted by atomic mass is 9.77. The third-order valence-electron chi connectivity index (χ3n) is 7.51. The van der Waals surface area contributed by atoms with Gasteiger partial charge in [-0.05, 0) is 67.2 Å². The van der Waals surface area contributed by atoms with Gasteiger partial charge >= 0.3 is 5.97 Å². The number of carbonyl (C=O) groups excluding carboxylic acids is 1. The van der Waals surface area contributed by atoms with E-state index in [1.807, 2.05) is 0 Å². The van der Waals surface area contributed by atoms with Crippen LogP contribution in [0.2, 0.25) is 37.8 Å². The molecule has 0 unspecified atom stereocenters. The summed E-state index contributed by atoms with van der Waals surface area (Å²) in [5.74, 6) is 0.288. The predicted molar refractivity (Wildman–Crippen MR) is 163 cm³/mol. The van der Waals surface area contributed by atoms with Crippen molar-refractivity contribution in [3.8, 4) is 0 Å². The number of halogens is 1. The van der Waals surface area contributed by atoms with Crippen molar-refractivity contribution in [2.24, 2.45) is 11.8 Å². The number of ether oxygens (including phenoxy) is 1. The van der Waals surface area contributed by atoms with E-state index in [2.05, 4.69) is 132 Å². The van der Waals surface area contributed by atoms with E-state index in [1.165, 1.54) is 5.57 Å². The van der Waals surface area contributed by atoms with Crippen LogP contribution >= 0.6 is 22.6 Å². The highest BCUT2D eigenvalue weighted by Crippen LogP contribution is 2.42. The lowest BCUT2D eigenvalue weighted by Gasteiger charge is -2.48. The summed E-state index contributed by atoms with van der Waals surface area (Å²) in [7, 11) is -3.81. The quantitative estimate of drug-likeness (QED) is 0.0987. The molecule has 0 aromatic heterocycles. The SMILES string of the molecule is CC[C@@H]1OC(=O)C[C@](C/C=C/C=C(\C)[C@@H](O[Si](C)(C)C(C)(C)C)[C@@H](C)/C=C/I)(O[Si](C)(C)C)[C@H]1C. The number of rotatable bonds is 11. The van der Waals surface area contributed by atoms with E-state index in [-0.39, 0.29) is 35.1 Å². The molecule has 5 atom stereocenters. The molecule has 0 aliphatic carbocycles. The van der Waals surface area contributed by atoms with Gasteiger partial charge in [-0.3, -0.25) is 4.79 Å². The molecule has 1 saturated heterocycles. The third-order valence-corrected chi connectivity index (χ3v) is 13.4. The Morgan fingerprint density at radius 1 is 1.26 bits per heavy atom. The van der Waals surface area contributed by atoms with Gasteiger partial charge in [-0.2, -0.15) is 0 Å². The highest BCUT2D eigenvalue weighted by atomic mass is 127. The minimum Gasteiger partial charge on any atom is -0.462 e. The minimum absolute atomic E-state index is 0.0341. The van der Waals surface area contributed by atoms with E-state index in [4.69, 9.17) is 13.6 Å². The molecule has 0 saturated carbocycles. The molecule has 0 aromatic rings. The van der Waals surface area contributed by atoms with E-state index >= 15 is 0 Å². The van der Waals surface area contributed by atoms with Crippen LogP contribution in [0.25, 0.3) is 0 Å². The van der Waals surface area contributed by atoms with Gasteiger partial charge in [-0.1, -0.05) is 88.4 Å². The number of allylic oxidation sites excluding steroid dienone is 2. The monoisotopic (exact) mass is 634 g/mol. The van der Waals surface area contributed by atoms with Crippen LogP contribution in [0.3, 0.4) is 0 Å². The van der Waals surface area contributed by atoms with Gasteiger partial charge in [0.05, 0.1) is 18.1 Å². The molecule has 4 nitrogen and oxygen atoms in total. The number of esters is 1. The Kier molecular flexibility index (Phi) is 12.2. The second-order valence-electron chi connectivity index (χ2n) is 12.7. The molecular weight excluding hydrogens is 583 g/mol. The molecule has 0 spiro atoms. The fourth-order valence-corrected chi connectivity index (χ4v) is 8.04. The minimum atomic E-state index is -1.93. The van der Waals surface area contributed by atoms with Gasteiger partial charge in [-0.25, -0.2) is 0 Å². The van der Waals surface area contributed by atoms with Crippen molar-refractivity contribution in [2.45, 2.75) is 123 Å². The molecule has 0 N–H and O–H groups in total. The average Bonchev–Trinajstić information content (AvgIpc) is 2.70. The standard InChI is InChI=1S/C28H51IO4Si2/c1-13-24-23(4)28(20-25(30)31-24,33-34(8,9)10)18-15-14-16-21(2)26(22(3)17-19-29)32-35(11,12)27(5,6)7/h14-17,19,22-24,26H,13,18,20H2,1-12H3/b15-14+,19-17+,21-16+/t22-,23-,24-,26+,28-/m0/s1. The van der Waals surface area contributed by atoms with E-state index in [1.54, 1.807) is 0 Å². The van der Waals surface area contributed by atoms with Crippen molar-refractivity contribution in [2.75, 3.05) is 0 Å². The first-order chi connectivity index (χ1) is 15.9. The van der Waals surface area contributed by atoms with E-state index < -0.39 is 22.2 Å². The largest absolute Gasteiger partial charge is 0.462 e. The molecule has 1 heterocycles. The lowest BCUT2D eigenvalue weighted by molar-refractivity contribution is -0.179. The van der Waals surface area contributed by atoms with Crippen LogP contribution in [0.15, 0.2) is 34.0 Å². The van der Waals surface area contributed by atoms with Gasteiger partial charge in [0.2, 0.25) is 0 Å². The van der Waals surface area contributed by atoms with E-state index in [0.717, 1.165) is 6.42 Å². The van der Waals surface area contributed by atoms with Crippen LogP contribution in [0, 0.1) is 11.8 Å². The fraction of sp³-hybridized carbons (Fsp3) is 0.750. The fourth-order valence-electron chi connectivity index (χ4n) is 4.44. The van der Waals surface area contributed by atoms with Crippen molar-refractivity contribution in [3.05, 3.63) is 34.0 Å². The first kappa shape index (κ1) is 32.8. The van der Waals surface area contributed by atoms with Crippen molar-refractivity contribution < 1.29 is 18.4 Å². The molecule has 202 valence electrons. The van der Waals surface area contributed by atoms with Gasteiger partial charge in [0.1, 0.15) is 6.10 Å². The van der Waals surface area contributed by atoms with Gasteiger partial charge in [0.25, 0.3) is 0 Å². The molecule has 35 heavy (non-hydrogen) atoms. The molecule has 1 aliphatic heterocycles. The van der Waals surface area contributed by atoms with Crippen LogP contribution in [0.1, 0.15) is 67.7 Å². The van der Waals surface area contributed by atoms with Gasteiger partial charge in [-0.15, -0.1) is 0 Å². The highest BCUT2D eigenvalue weighted by Gasteiger charge is 2.49. The van der Waals surface area contributed by atoms with Crippen LogP contribution in [0.4, 0.5) is 0 Å². The Hall–Kier alpha value is -0.226. The second kappa shape index (κ2) is 13.0.